The zero-order chi connectivity index (χ0) is 25.8. The molecule has 0 saturated carbocycles. The molecule has 1 unspecified atom stereocenters. The highest BCUT2D eigenvalue weighted by Crippen LogP contribution is 2.28. The molecular weight excluding hydrogens is 458 g/mol. The molecule has 2 fully saturated rings. The predicted molar refractivity (Wildman–Crippen MR) is 140 cm³/mol. The monoisotopic (exact) mass is 497 g/mol. The largest absolute Gasteiger partial charge is 0.447 e. The first kappa shape index (κ1) is 25.8. The zero-order valence-corrected chi connectivity index (χ0v) is 21.9. The molecule has 0 spiro atoms. The summed E-state index contributed by atoms with van der Waals surface area (Å²) in [5.41, 5.74) is 2.39. The second-order valence-electron chi connectivity index (χ2n) is 9.51. The second-order valence-corrected chi connectivity index (χ2v) is 9.51. The maximum absolute atomic E-state index is 12.2. The van der Waals surface area contributed by atoms with E-state index in [2.05, 4.69) is 63.3 Å². The molecule has 2 aliphatic rings. The summed E-state index contributed by atoms with van der Waals surface area (Å²) in [6.07, 6.45) is 1.35. The van der Waals surface area contributed by atoms with Crippen molar-refractivity contribution in [1.82, 2.24) is 24.8 Å². The molecule has 1 aromatic carbocycles. The molecule has 0 radical (unpaired) electrons. The summed E-state index contributed by atoms with van der Waals surface area (Å²) in [5.74, 6) is 1.44. The van der Waals surface area contributed by atoms with E-state index in [0.29, 0.717) is 30.4 Å². The summed E-state index contributed by atoms with van der Waals surface area (Å²) in [4.78, 5) is 43.2. The van der Waals surface area contributed by atoms with E-state index in [4.69, 9.17) is 4.74 Å². The van der Waals surface area contributed by atoms with Gasteiger partial charge in [0.15, 0.2) is 0 Å². The second kappa shape index (κ2) is 11.2. The van der Waals surface area contributed by atoms with Gasteiger partial charge in [0.1, 0.15) is 12.4 Å². The van der Waals surface area contributed by atoms with Crippen LogP contribution < -0.4 is 10.2 Å². The molecule has 10 nitrogen and oxygen atoms in total. The Bertz CT molecular complexity index is 1080. The van der Waals surface area contributed by atoms with Crippen LogP contribution in [0.25, 0.3) is 0 Å². The average molecular weight is 498 g/mol. The minimum absolute atomic E-state index is 0. The van der Waals surface area contributed by atoms with Gasteiger partial charge in [0.05, 0.1) is 12.1 Å². The van der Waals surface area contributed by atoms with Gasteiger partial charge in [0.2, 0.25) is 17.8 Å². The third-order valence-electron chi connectivity index (χ3n) is 7.14. The number of rotatable bonds is 8. The van der Waals surface area contributed by atoms with Crippen LogP contribution in [0.1, 0.15) is 71.0 Å². The summed E-state index contributed by atoms with van der Waals surface area (Å²) in [6.45, 7) is 13.4. The molecule has 3 heterocycles. The van der Waals surface area contributed by atoms with Crippen LogP contribution in [0.3, 0.4) is 0 Å². The zero-order valence-electron chi connectivity index (χ0n) is 21.9. The fourth-order valence-corrected chi connectivity index (χ4v) is 4.98. The number of hydrogen-bond donors (Lipinski definition) is 1. The smallest absolute Gasteiger partial charge is 0.417 e. The average Bonchev–Trinajstić information content (AvgIpc) is 3.25. The summed E-state index contributed by atoms with van der Waals surface area (Å²) in [7, 11) is 0. The van der Waals surface area contributed by atoms with E-state index >= 15 is 0 Å². The van der Waals surface area contributed by atoms with E-state index in [9.17, 15) is 9.59 Å². The van der Waals surface area contributed by atoms with E-state index in [0.717, 1.165) is 44.6 Å². The van der Waals surface area contributed by atoms with Crippen molar-refractivity contribution in [2.75, 3.05) is 43.0 Å². The van der Waals surface area contributed by atoms with Crippen LogP contribution in [0, 0.1) is 6.92 Å². The molecule has 2 saturated heterocycles. The number of piperazine rings is 1. The van der Waals surface area contributed by atoms with E-state index < -0.39 is 6.09 Å². The third kappa shape index (κ3) is 5.59. The van der Waals surface area contributed by atoms with Crippen LogP contribution in [0.2, 0.25) is 0 Å². The van der Waals surface area contributed by atoms with Gasteiger partial charge in [-0.1, -0.05) is 38.1 Å². The van der Waals surface area contributed by atoms with E-state index in [1.807, 2.05) is 11.8 Å². The lowest BCUT2D eigenvalue weighted by molar-refractivity contribution is -0.130. The Balaban J connectivity index is 0.00000380. The molecule has 2 aromatic rings. The number of aromatic nitrogens is 3. The van der Waals surface area contributed by atoms with Crippen LogP contribution in [0.5, 0.6) is 0 Å². The number of benzene rings is 1. The van der Waals surface area contributed by atoms with Gasteiger partial charge in [0, 0.05) is 40.6 Å². The highest BCUT2D eigenvalue weighted by atomic mass is 16.6. The van der Waals surface area contributed by atoms with Crippen molar-refractivity contribution in [2.24, 2.45) is 0 Å². The highest BCUT2D eigenvalue weighted by molar-refractivity contribution is 5.88. The molecule has 1 aromatic heterocycles. The Kier molecular flexibility index (Phi) is 8.03. The Morgan fingerprint density at radius 3 is 2.39 bits per heavy atom. The fraction of sp³-hybridized carbons (Fsp3) is 0.577. The Labute approximate surface area is 214 Å². The van der Waals surface area contributed by atoms with Crippen molar-refractivity contribution in [3.63, 3.8) is 0 Å². The Hall–Kier alpha value is -3.27. The van der Waals surface area contributed by atoms with Crippen molar-refractivity contribution >= 4 is 23.9 Å². The number of aryl methyl sites for hydroxylation is 1. The van der Waals surface area contributed by atoms with Gasteiger partial charge in [0.25, 0.3) is 0 Å². The number of cyclic esters (lactones) is 1. The van der Waals surface area contributed by atoms with Gasteiger partial charge in [-0.2, -0.15) is 15.0 Å². The first-order valence-electron chi connectivity index (χ1n) is 12.8. The van der Waals surface area contributed by atoms with Crippen molar-refractivity contribution in [2.45, 2.75) is 65.6 Å². The van der Waals surface area contributed by atoms with Crippen LogP contribution in [0.15, 0.2) is 24.3 Å². The van der Waals surface area contributed by atoms with Crippen LogP contribution >= 0.6 is 0 Å². The van der Waals surface area contributed by atoms with Gasteiger partial charge in [-0.25, -0.2) is 9.69 Å². The molecule has 4 rings (SSSR count). The molecule has 2 amide bonds. The highest BCUT2D eigenvalue weighted by Gasteiger charge is 2.35. The van der Waals surface area contributed by atoms with Crippen molar-refractivity contribution in [3.8, 4) is 0 Å². The molecule has 0 bridgehead atoms. The molecule has 3 atom stereocenters. The summed E-state index contributed by atoms with van der Waals surface area (Å²) >= 11 is 0. The lowest BCUT2D eigenvalue weighted by atomic mass is 9.98. The van der Waals surface area contributed by atoms with E-state index in [-0.39, 0.29) is 19.4 Å². The Morgan fingerprint density at radius 1 is 1.11 bits per heavy atom. The minimum atomic E-state index is -0.421. The number of ether oxygens (including phenoxy) is 1. The van der Waals surface area contributed by atoms with Crippen molar-refractivity contribution in [3.05, 3.63) is 41.2 Å². The number of amides is 2. The minimum Gasteiger partial charge on any atom is -0.447 e. The lowest BCUT2D eigenvalue weighted by Crippen LogP contribution is -2.49. The topological polar surface area (TPSA) is 104 Å². The van der Waals surface area contributed by atoms with Gasteiger partial charge in [-0.3, -0.25) is 9.69 Å². The molecule has 1 N–H and O–H groups in total. The first-order chi connectivity index (χ1) is 17.3. The predicted octanol–water partition coefficient (Wildman–Crippen LogP) is 3.95. The number of nitrogens with zero attached hydrogens (tertiary/aromatic N) is 6. The molecule has 10 heteroatoms. The van der Waals surface area contributed by atoms with Gasteiger partial charge < -0.3 is 15.0 Å². The number of carbonyl (C=O) groups is 2. The fourth-order valence-electron chi connectivity index (χ4n) is 4.98. The molecule has 0 aliphatic carbocycles. The van der Waals surface area contributed by atoms with E-state index in [1.165, 1.54) is 10.5 Å². The normalized spacial score (nSPS) is 20.2. The first-order valence-corrected chi connectivity index (χ1v) is 12.8. The SMILES string of the molecule is CCC(c1ccc([C@H](C)Nc2nc(C)nc(N3C(=O)OC[C@@H]3CC)n2)cc1)N1CCN(C(C)=O)CC1.[HH]. The summed E-state index contributed by atoms with van der Waals surface area (Å²) in [5, 5.41) is 3.36. The Morgan fingerprint density at radius 2 is 1.78 bits per heavy atom. The molecule has 196 valence electrons. The molecule has 2 aliphatic heterocycles. The maximum Gasteiger partial charge on any atom is 0.417 e. The van der Waals surface area contributed by atoms with Gasteiger partial charge in [-0.15, -0.1) is 0 Å². The number of hydrogen-bond acceptors (Lipinski definition) is 8. The number of carbonyl (C=O) groups excluding carboxylic acids is 2. The maximum atomic E-state index is 12.2. The van der Waals surface area contributed by atoms with Crippen LogP contribution in [0.4, 0.5) is 16.7 Å². The summed E-state index contributed by atoms with van der Waals surface area (Å²) < 4.78 is 5.20. The standard InChI is InChI=1S/C26H37N7O3.H2/c1-6-22-16-36-26(35)33(22)25-29-18(4)28-24(30-25)27-17(3)20-8-10-21(11-9-20)23(7-2)32-14-12-31(13-15-32)19(5)34;/h8-11,17,22-23H,6-7,12-16H2,1-5H3,(H,27,28,29,30);1H/t17-,22-,23?;/m0./s1. The molecular formula is C26H39N7O3. The van der Waals surface area contributed by atoms with Crippen molar-refractivity contribution < 1.29 is 15.8 Å². The van der Waals surface area contributed by atoms with Gasteiger partial charge in [-0.05, 0) is 37.8 Å². The third-order valence-corrected chi connectivity index (χ3v) is 7.14. The summed E-state index contributed by atoms with van der Waals surface area (Å²) in [6, 6.07) is 8.87. The number of anilines is 2. The van der Waals surface area contributed by atoms with Crippen LogP contribution in [-0.2, 0) is 9.53 Å². The molecule has 36 heavy (non-hydrogen) atoms. The van der Waals surface area contributed by atoms with Crippen molar-refractivity contribution in [1.29, 1.82) is 0 Å². The number of nitrogens with one attached hydrogen (secondary N) is 1. The van der Waals surface area contributed by atoms with Gasteiger partial charge >= 0.3 is 6.09 Å². The quantitative estimate of drug-likeness (QED) is 0.585. The van der Waals surface area contributed by atoms with Crippen LogP contribution in [-0.4, -0.2) is 75.6 Å². The lowest BCUT2D eigenvalue weighted by Gasteiger charge is -2.39. The van der Waals surface area contributed by atoms with E-state index in [1.54, 1.807) is 13.8 Å².